The van der Waals surface area contributed by atoms with Gasteiger partial charge in [-0.15, -0.1) is 0 Å². The fourth-order valence-corrected chi connectivity index (χ4v) is 14.7. The minimum absolute atomic E-state index is 0.0627. The van der Waals surface area contributed by atoms with Crippen LogP contribution in [0.3, 0.4) is 0 Å². The van der Waals surface area contributed by atoms with Crippen molar-refractivity contribution in [1.29, 1.82) is 0 Å². The van der Waals surface area contributed by atoms with Crippen LogP contribution in [0.2, 0.25) is 0 Å². The van der Waals surface area contributed by atoms with Crippen LogP contribution in [0.15, 0.2) is 11.6 Å². The molecule has 20 heteroatoms. The second-order valence-electron chi connectivity index (χ2n) is 22.9. The van der Waals surface area contributed by atoms with E-state index in [1.807, 2.05) is 0 Å². The van der Waals surface area contributed by atoms with Gasteiger partial charge in [0.1, 0.15) is 49.3 Å². The van der Waals surface area contributed by atoms with Gasteiger partial charge >= 0.3 is 29.7 Å². The first-order valence-electron chi connectivity index (χ1n) is 23.7. The molecule has 9 N–H and O–H groups in total. The van der Waals surface area contributed by atoms with E-state index in [2.05, 4.69) is 54.5 Å². The molecule has 8 rings (SSSR count). The maximum absolute atomic E-state index is 14.7. The highest BCUT2D eigenvalue weighted by molar-refractivity contribution is 5.79. The van der Waals surface area contributed by atoms with Crippen molar-refractivity contribution >= 4 is 23.9 Å². The number of esters is 1. The minimum Gasteiger partial charge on any atom is -0.480 e. The van der Waals surface area contributed by atoms with E-state index >= 15 is 0 Å². The Morgan fingerprint density at radius 1 is 0.761 bits per heavy atom. The molecule has 67 heavy (non-hydrogen) atoms. The van der Waals surface area contributed by atoms with Gasteiger partial charge in [-0.3, -0.25) is 4.79 Å². The number of aliphatic hydroxyl groups is 6. The van der Waals surface area contributed by atoms with Crippen molar-refractivity contribution in [3.8, 4) is 0 Å². The first-order chi connectivity index (χ1) is 31.1. The van der Waals surface area contributed by atoms with E-state index in [0.29, 0.717) is 32.1 Å². The largest absolute Gasteiger partial charge is 0.480 e. The van der Waals surface area contributed by atoms with E-state index in [9.17, 15) is 65.1 Å². The Bertz CT molecular complexity index is 1990. The smallest absolute Gasteiger partial charge is 0.369 e. The molecule has 0 bridgehead atoms. The average molecular weight is 955 g/mol. The van der Waals surface area contributed by atoms with E-state index < -0.39 is 128 Å². The Morgan fingerprint density at radius 2 is 1.45 bits per heavy atom. The van der Waals surface area contributed by atoms with Gasteiger partial charge in [0, 0.05) is 0 Å². The molecule has 0 radical (unpaired) electrons. The zero-order valence-electron chi connectivity index (χ0n) is 39.2. The van der Waals surface area contributed by atoms with Gasteiger partial charge < -0.3 is 79.1 Å². The summed E-state index contributed by atoms with van der Waals surface area (Å²) >= 11 is 0. The quantitative estimate of drug-likeness (QED) is 0.0854. The van der Waals surface area contributed by atoms with Gasteiger partial charge in [0.15, 0.2) is 12.4 Å². The molecule has 20 atom stereocenters. The Morgan fingerprint density at radius 3 is 2.09 bits per heavy atom. The van der Waals surface area contributed by atoms with Crippen molar-refractivity contribution in [2.75, 3.05) is 13.2 Å². The highest BCUT2D eigenvalue weighted by Crippen LogP contribution is 2.76. The highest BCUT2D eigenvalue weighted by atomic mass is 16.8. The molecular weight excluding hydrogens is 884 g/mol. The summed E-state index contributed by atoms with van der Waals surface area (Å²) in [5.41, 5.74) is -1.15. The summed E-state index contributed by atoms with van der Waals surface area (Å²) in [6.07, 6.45) is -10.4. The normalized spacial score (nSPS) is 49.9. The molecule has 0 aromatic carbocycles. The predicted octanol–water partition coefficient (Wildman–Crippen LogP) is 1.67. The molecule has 3 heterocycles. The van der Waals surface area contributed by atoms with Crippen LogP contribution in [-0.2, 0) is 52.3 Å². The SMILES string of the molecule is CC1(C)CCC2(C(=O)OC3OC(CO)C(O)C(O)C3O)CCC3(C)C(=CCC4C5(C)CCC(OC6OC(C(=O)O)C(O)C7OC(O)(C(=O)O)C(OCC(=O)O)OC67)C(C)(C)C5CCC43C)C2C1. The monoisotopic (exact) mass is 954 g/mol. The number of rotatable bonds is 10. The average Bonchev–Trinajstić information content (AvgIpc) is 3.24. The fourth-order valence-electron chi connectivity index (χ4n) is 14.7. The number of hydrogen-bond donors (Lipinski definition) is 9. The van der Waals surface area contributed by atoms with Crippen LogP contribution in [0, 0.1) is 50.2 Å². The first kappa shape index (κ1) is 50.5. The summed E-state index contributed by atoms with van der Waals surface area (Å²) in [4.78, 5) is 50.7. The van der Waals surface area contributed by atoms with E-state index in [1.165, 1.54) is 5.57 Å². The van der Waals surface area contributed by atoms with E-state index in [0.717, 1.165) is 32.1 Å². The molecule has 20 unspecified atom stereocenters. The number of carbonyl (C=O) groups excluding carboxylic acids is 1. The molecule has 4 saturated carbocycles. The number of hydrogen-bond acceptors (Lipinski definition) is 17. The summed E-state index contributed by atoms with van der Waals surface area (Å²) in [5, 5.41) is 92.8. The van der Waals surface area contributed by atoms with Crippen LogP contribution in [0.4, 0.5) is 0 Å². The summed E-state index contributed by atoms with van der Waals surface area (Å²) in [6, 6.07) is 0. The van der Waals surface area contributed by atoms with Crippen LogP contribution in [0.5, 0.6) is 0 Å². The number of carbonyl (C=O) groups is 4. The molecule has 7 fully saturated rings. The zero-order chi connectivity index (χ0) is 49.2. The topological polar surface area (TPSA) is 315 Å². The highest BCUT2D eigenvalue weighted by Gasteiger charge is 2.71. The Hall–Kier alpha value is -2.86. The Kier molecular flexibility index (Phi) is 13.0. The van der Waals surface area contributed by atoms with Crippen LogP contribution in [-0.4, -0.2) is 163 Å². The number of carboxylic acids is 3. The van der Waals surface area contributed by atoms with Crippen molar-refractivity contribution in [2.45, 2.75) is 192 Å². The summed E-state index contributed by atoms with van der Waals surface area (Å²) in [5.74, 6) is -8.90. The Labute approximate surface area is 388 Å². The summed E-state index contributed by atoms with van der Waals surface area (Å²) in [7, 11) is 0. The number of aliphatic carboxylic acids is 3. The van der Waals surface area contributed by atoms with Crippen LogP contribution in [0.1, 0.15) is 113 Å². The lowest BCUT2D eigenvalue weighted by molar-refractivity contribution is -0.443. The minimum atomic E-state index is -3.32. The molecule has 5 aliphatic carbocycles. The van der Waals surface area contributed by atoms with Gasteiger partial charge in [-0.2, -0.15) is 0 Å². The lowest BCUT2D eigenvalue weighted by Gasteiger charge is -2.71. The second kappa shape index (κ2) is 17.2. The van der Waals surface area contributed by atoms with Crippen LogP contribution in [0.25, 0.3) is 0 Å². The standard InChI is InChI=1S/C47H70O20/c1-41(2)14-16-46(39(59)66-36-30(53)29(52)28(51)23(19-48)62-36)17-15-44(6)21(22(46)18-41)8-9-25-43(5)12-11-26(42(3,4)24(43)10-13-45(25,44)7)63-37-34-32(31(54)33(64-37)35(55)56)67-47(60,38(57)58)40(65-34)61-20-27(49)50/h8,22-26,28-34,36-37,40,48,51-54,60H,9-20H2,1-7H3,(H,49,50)(H,55,56)(H,57,58). The molecule has 8 aliphatic rings. The van der Waals surface area contributed by atoms with Crippen molar-refractivity contribution < 1.29 is 98.3 Å². The predicted molar refractivity (Wildman–Crippen MR) is 226 cm³/mol. The van der Waals surface area contributed by atoms with Crippen molar-refractivity contribution in [3.05, 3.63) is 11.6 Å². The molecule has 378 valence electrons. The third-order valence-electron chi connectivity index (χ3n) is 18.7. The molecular formula is C47H70O20. The van der Waals surface area contributed by atoms with Crippen LogP contribution < -0.4 is 0 Å². The summed E-state index contributed by atoms with van der Waals surface area (Å²) in [6.45, 7) is 14.0. The lowest BCUT2D eigenvalue weighted by atomic mass is 9.33. The number of allylic oxidation sites excluding steroid dienone is 2. The second-order valence-corrected chi connectivity index (χ2v) is 22.9. The zero-order valence-corrected chi connectivity index (χ0v) is 39.2. The molecule has 3 saturated heterocycles. The summed E-state index contributed by atoms with van der Waals surface area (Å²) < 4.78 is 40.5. The molecule has 0 amide bonds. The van der Waals surface area contributed by atoms with E-state index in [4.69, 9.17) is 33.2 Å². The van der Waals surface area contributed by atoms with Gasteiger partial charge in [0.25, 0.3) is 0 Å². The molecule has 0 spiro atoms. The lowest BCUT2D eigenvalue weighted by Crippen LogP contribution is -2.72. The van der Waals surface area contributed by atoms with Crippen molar-refractivity contribution in [1.82, 2.24) is 0 Å². The fraction of sp³-hybridized carbons (Fsp3) is 0.872. The van der Waals surface area contributed by atoms with Crippen LogP contribution >= 0.6 is 0 Å². The molecule has 20 nitrogen and oxygen atoms in total. The van der Waals surface area contributed by atoms with Gasteiger partial charge in [0.05, 0.1) is 18.1 Å². The molecule has 0 aromatic rings. The number of fused-ring (bicyclic) bond motifs is 8. The maximum atomic E-state index is 14.7. The van der Waals surface area contributed by atoms with Crippen molar-refractivity contribution in [2.24, 2.45) is 50.2 Å². The maximum Gasteiger partial charge on any atom is 0.369 e. The number of carboxylic acid groups (broad SMARTS) is 3. The van der Waals surface area contributed by atoms with Gasteiger partial charge in [-0.05, 0) is 109 Å². The van der Waals surface area contributed by atoms with Gasteiger partial charge in [-0.25, -0.2) is 14.4 Å². The molecule has 0 aromatic heterocycles. The third kappa shape index (κ3) is 7.78. The number of aliphatic hydroxyl groups excluding tert-OH is 5. The molecule has 3 aliphatic heterocycles. The van der Waals surface area contributed by atoms with Gasteiger partial charge in [-0.1, -0.05) is 60.1 Å². The first-order valence-corrected chi connectivity index (χ1v) is 23.7. The van der Waals surface area contributed by atoms with E-state index in [1.54, 1.807) is 0 Å². The number of ether oxygens (including phenoxy) is 7. The van der Waals surface area contributed by atoms with Crippen molar-refractivity contribution in [3.63, 3.8) is 0 Å². The van der Waals surface area contributed by atoms with E-state index in [-0.39, 0.29) is 39.4 Å². The Balaban J connectivity index is 1.06. The third-order valence-corrected chi connectivity index (χ3v) is 18.7. The van der Waals surface area contributed by atoms with Gasteiger partial charge in [0.2, 0.25) is 12.6 Å².